The first kappa shape index (κ1) is 9.49. The third kappa shape index (κ3) is 1.38. The fraction of sp³-hybridized carbons (Fsp3) is 0.300. The van der Waals surface area contributed by atoms with Crippen LogP contribution in [0.3, 0.4) is 0 Å². The van der Waals surface area contributed by atoms with Crippen molar-refractivity contribution in [2.45, 2.75) is 13.0 Å². The zero-order valence-corrected chi connectivity index (χ0v) is 8.38. The quantitative estimate of drug-likeness (QED) is 0.689. The van der Waals surface area contributed by atoms with Crippen molar-refractivity contribution >= 4 is 23.2 Å². The molecule has 2 atom stereocenters. The Labute approximate surface area is 86.7 Å². The van der Waals surface area contributed by atoms with Crippen LogP contribution in [-0.2, 0) is 4.79 Å². The molecule has 0 aliphatic carbocycles. The number of nitrogens with one attached hydrogen (secondary N) is 1. The molecule has 74 valence electrons. The molecule has 1 aromatic carbocycles. The Kier molecular flexibility index (Phi) is 2.21. The van der Waals surface area contributed by atoms with Crippen LogP contribution >= 0.6 is 11.6 Å². The van der Waals surface area contributed by atoms with E-state index in [2.05, 4.69) is 5.32 Å². The Morgan fingerprint density at radius 3 is 2.93 bits per heavy atom. The number of carbonyl (C=O) groups excluding carboxylic acids is 1. The summed E-state index contributed by atoms with van der Waals surface area (Å²) in [7, 11) is 0. The average molecular weight is 212 g/mol. The molecule has 1 heterocycles. The van der Waals surface area contributed by atoms with Crippen LogP contribution in [0.15, 0.2) is 18.2 Å². The smallest absolute Gasteiger partial charge is 0.230 e. The van der Waals surface area contributed by atoms with Gasteiger partial charge in [-0.2, -0.15) is 0 Å². The molecule has 0 aromatic heterocycles. The maximum atomic E-state index is 11.3. The Balaban J connectivity index is 2.51. The molecule has 1 aliphatic heterocycles. The van der Waals surface area contributed by atoms with E-state index in [1.165, 1.54) is 0 Å². The van der Waals surface area contributed by atoms with Crippen LogP contribution in [0, 0.1) is 5.92 Å². The minimum absolute atomic E-state index is 0.160. The number of rotatable bonds is 0. The summed E-state index contributed by atoms with van der Waals surface area (Å²) in [5.74, 6) is -0.590. The lowest BCUT2D eigenvalue weighted by Gasteiger charge is -2.27. The van der Waals surface area contributed by atoms with E-state index in [0.717, 1.165) is 0 Å². The summed E-state index contributed by atoms with van der Waals surface area (Å²) in [6.07, 6.45) is -0.766. The molecule has 1 aromatic rings. The minimum atomic E-state index is -0.766. The van der Waals surface area contributed by atoms with E-state index in [4.69, 9.17) is 11.6 Å². The number of hydrogen-bond donors (Lipinski definition) is 2. The van der Waals surface area contributed by atoms with E-state index >= 15 is 0 Å². The number of carbonyl (C=O) groups is 1. The fourth-order valence-electron chi connectivity index (χ4n) is 1.55. The van der Waals surface area contributed by atoms with Gasteiger partial charge in [0, 0.05) is 16.3 Å². The van der Waals surface area contributed by atoms with Crippen molar-refractivity contribution in [1.29, 1.82) is 0 Å². The molecule has 3 nitrogen and oxygen atoms in total. The van der Waals surface area contributed by atoms with Crippen LogP contribution in [-0.4, -0.2) is 11.0 Å². The zero-order chi connectivity index (χ0) is 10.3. The van der Waals surface area contributed by atoms with Gasteiger partial charge in [-0.25, -0.2) is 0 Å². The second kappa shape index (κ2) is 3.26. The molecule has 0 bridgehead atoms. The number of hydrogen-bond acceptors (Lipinski definition) is 2. The highest BCUT2D eigenvalue weighted by atomic mass is 35.5. The van der Waals surface area contributed by atoms with E-state index in [1.807, 2.05) is 0 Å². The van der Waals surface area contributed by atoms with Gasteiger partial charge in [0.2, 0.25) is 5.91 Å². The Bertz CT molecular complexity index is 392. The molecule has 0 radical (unpaired) electrons. The summed E-state index contributed by atoms with van der Waals surface area (Å²) in [6, 6.07) is 5.06. The molecule has 2 rings (SSSR count). The maximum absolute atomic E-state index is 11.3. The summed E-state index contributed by atoms with van der Waals surface area (Å²) in [4.78, 5) is 11.3. The van der Waals surface area contributed by atoms with Crippen molar-refractivity contribution in [3.05, 3.63) is 28.8 Å². The van der Waals surface area contributed by atoms with Gasteiger partial charge in [0.25, 0.3) is 0 Å². The Hall–Kier alpha value is -1.06. The van der Waals surface area contributed by atoms with E-state index in [9.17, 15) is 9.90 Å². The van der Waals surface area contributed by atoms with Gasteiger partial charge in [-0.15, -0.1) is 0 Å². The molecule has 0 spiro atoms. The van der Waals surface area contributed by atoms with Gasteiger partial charge in [0.15, 0.2) is 0 Å². The van der Waals surface area contributed by atoms with Gasteiger partial charge in [-0.3, -0.25) is 4.79 Å². The van der Waals surface area contributed by atoms with Crippen molar-refractivity contribution in [3.63, 3.8) is 0 Å². The first-order chi connectivity index (χ1) is 6.59. The molecule has 0 saturated heterocycles. The van der Waals surface area contributed by atoms with Crippen molar-refractivity contribution in [1.82, 2.24) is 0 Å². The van der Waals surface area contributed by atoms with Gasteiger partial charge in [-0.1, -0.05) is 18.5 Å². The number of aliphatic hydroxyl groups excluding tert-OH is 1. The van der Waals surface area contributed by atoms with Gasteiger partial charge in [-0.05, 0) is 18.2 Å². The molecule has 0 saturated carbocycles. The summed E-state index contributed by atoms with van der Waals surface area (Å²) in [5, 5.41) is 13.1. The number of fused-ring (bicyclic) bond motifs is 1. The summed E-state index contributed by atoms with van der Waals surface area (Å²) < 4.78 is 0. The standard InChI is InChI=1S/C10H10ClNO2/c1-5-9(13)7-4-6(11)2-3-8(7)12-10(5)14/h2-5,9,13H,1H3,(H,12,14). The van der Waals surface area contributed by atoms with Crippen LogP contribution < -0.4 is 5.32 Å². The molecular formula is C10H10ClNO2. The minimum Gasteiger partial charge on any atom is -0.388 e. The summed E-state index contributed by atoms with van der Waals surface area (Å²) in [5.41, 5.74) is 1.33. The maximum Gasteiger partial charge on any atom is 0.230 e. The van der Waals surface area contributed by atoms with Gasteiger partial charge in [0.1, 0.15) is 0 Å². The summed E-state index contributed by atoms with van der Waals surface area (Å²) >= 11 is 5.80. The fourth-order valence-corrected chi connectivity index (χ4v) is 1.73. The van der Waals surface area contributed by atoms with Crippen LogP contribution in [0.4, 0.5) is 5.69 Å². The van der Waals surface area contributed by atoms with Crippen molar-refractivity contribution in [3.8, 4) is 0 Å². The largest absolute Gasteiger partial charge is 0.388 e. The monoisotopic (exact) mass is 211 g/mol. The van der Waals surface area contributed by atoms with Crippen molar-refractivity contribution < 1.29 is 9.90 Å². The SMILES string of the molecule is CC1C(=O)Nc2ccc(Cl)cc2C1O. The third-order valence-corrected chi connectivity index (χ3v) is 2.71. The molecule has 2 N–H and O–H groups in total. The number of amides is 1. The highest BCUT2D eigenvalue weighted by molar-refractivity contribution is 6.30. The van der Waals surface area contributed by atoms with Crippen LogP contribution in [0.2, 0.25) is 5.02 Å². The first-order valence-corrected chi connectivity index (χ1v) is 4.76. The van der Waals surface area contributed by atoms with Gasteiger partial charge < -0.3 is 10.4 Å². The third-order valence-electron chi connectivity index (χ3n) is 2.48. The first-order valence-electron chi connectivity index (χ1n) is 4.38. The van der Waals surface area contributed by atoms with Gasteiger partial charge >= 0.3 is 0 Å². The molecule has 4 heteroatoms. The predicted molar refractivity (Wildman–Crippen MR) is 54.2 cm³/mol. The van der Waals surface area contributed by atoms with E-state index in [0.29, 0.717) is 16.3 Å². The van der Waals surface area contributed by atoms with Crippen LogP contribution in [0.1, 0.15) is 18.6 Å². The second-order valence-electron chi connectivity index (χ2n) is 3.45. The van der Waals surface area contributed by atoms with E-state index in [1.54, 1.807) is 25.1 Å². The number of anilines is 1. The lowest BCUT2D eigenvalue weighted by molar-refractivity contribution is -0.123. The van der Waals surface area contributed by atoms with Crippen LogP contribution in [0.25, 0.3) is 0 Å². The number of halogens is 1. The Morgan fingerprint density at radius 2 is 2.21 bits per heavy atom. The van der Waals surface area contributed by atoms with E-state index in [-0.39, 0.29) is 5.91 Å². The number of aliphatic hydroxyl groups is 1. The zero-order valence-electron chi connectivity index (χ0n) is 7.62. The predicted octanol–water partition coefficient (Wildman–Crippen LogP) is 1.96. The lowest BCUT2D eigenvalue weighted by atomic mass is 9.91. The van der Waals surface area contributed by atoms with E-state index < -0.39 is 12.0 Å². The van der Waals surface area contributed by atoms with Crippen molar-refractivity contribution in [2.24, 2.45) is 5.92 Å². The number of benzene rings is 1. The Morgan fingerprint density at radius 1 is 1.50 bits per heavy atom. The normalized spacial score (nSPS) is 25.5. The highest BCUT2D eigenvalue weighted by Crippen LogP contribution is 2.35. The topological polar surface area (TPSA) is 49.3 Å². The lowest BCUT2D eigenvalue weighted by Crippen LogP contribution is -2.31. The van der Waals surface area contributed by atoms with Crippen molar-refractivity contribution in [2.75, 3.05) is 5.32 Å². The summed E-state index contributed by atoms with van der Waals surface area (Å²) in [6.45, 7) is 1.68. The molecule has 14 heavy (non-hydrogen) atoms. The molecule has 1 amide bonds. The molecule has 0 fully saturated rings. The molecule has 2 unspecified atom stereocenters. The molecular weight excluding hydrogens is 202 g/mol. The highest BCUT2D eigenvalue weighted by Gasteiger charge is 2.30. The molecule has 1 aliphatic rings. The second-order valence-corrected chi connectivity index (χ2v) is 3.89. The average Bonchev–Trinajstić information content (AvgIpc) is 2.16. The van der Waals surface area contributed by atoms with Crippen LogP contribution in [0.5, 0.6) is 0 Å². The van der Waals surface area contributed by atoms with Gasteiger partial charge in [0.05, 0.1) is 12.0 Å².